The van der Waals surface area contributed by atoms with E-state index in [-0.39, 0.29) is 0 Å². The van der Waals surface area contributed by atoms with Crippen molar-refractivity contribution in [1.29, 1.82) is 0 Å². The van der Waals surface area contributed by atoms with Crippen LogP contribution < -0.4 is 10.6 Å². The summed E-state index contributed by atoms with van der Waals surface area (Å²) in [5.74, 6) is 0. The van der Waals surface area contributed by atoms with Gasteiger partial charge in [-0.05, 0) is 27.0 Å². The van der Waals surface area contributed by atoms with Crippen LogP contribution in [0.25, 0.3) is 0 Å². The predicted molar refractivity (Wildman–Crippen MR) is 33.6 cm³/mol. The summed E-state index contributed by atoms with van der Waals surface area (Å²) in [6.45, 7) is 0. The van der Waals surface area contributed by atoms with Crippen molar-refractivity contribution in [3.8, 4) is 0 Å². The van der Waals surface area contributed by atoms with Gasteiger partial charge >= 0.3 is 0 Å². The van der Waals surface area contributed by atoms with Crippen LogP contribution in [-0.2, 0) is 0 Å². The maximum atomic E-state index is 3.01. The first-order chi connectivity index (χ1) is 3.41. The molecule has 0 saturated heterocycles. The fraction of sp³-hybridized carbons (Fsp3) is 1.00. The van der Waals surface area contributed by atoms with Crippen LogP contribution in [0.4, 0.5) is 0 Å². The van der Waals surface area contributed by atoms with Gasteiger partial charge in [0.2, 0.25) is 0 Å². The summed E-state index contributed by atoms with van der Waals surface area (Å²) in [5.41, 5.74) is 0. The molecule has 0 rings (SSSR count). The lowest BCUT2D eigenvalue weighted by atomic mass is 9.79. The zero-order chi connectivity index (χ0) is 5.54. The molecule has 0 heterocycles. The molecule has 2 N–H and O–H groups in total. The molecule has 0 saturated carbocycles. The number of hydrogen-bond acceptors (Lipinski definition) is 2. The van der Waals surface area contributed by atoms with Gasteiger partial charge in [-0.2, -0.15) is 0 Å². The minimum Gasteiger partial charge on any atom is -0.328 e. The normalized spacial score (nSPS) is 8.86. The molecule has 0 bridgehead atoms. The third-order valence-corrected chi connectivity index (χ3v) is 0.697. The van der Waals surface area contributed by atoms with Crippen molar-refractivity contribution >= 4 is 7.28 Å². The second kappa shape index (κ2) is 5.98. The number of rotatable bonds is 4. The first-order valence-electron chi connectivity index (χ1n) is 2.52. The largest absolute Gasteiger partial charge is 0.328 e. The summed E-state index contributed by atoms with van der Waals surface area (Å²) in [5, 5.41) is 6.01. The SMILES string of the molecule is CNC[B]CNC. The Morgan fingerprint density at radius 3 is 1.86 bits per heavy atom. The Morgan fingerprint density at radius 1 is 1.14 bits per heavy atom. The van der Waals surface area contributed by atoms with Crippen molar-refractivity contribution in [2.24, 2.45) is 0 Å². The van der Waals surface area contributed by atoms with Crippen LogP contribution in [0.2, 0.25) is 0 Å². The highest BCUT2D eigenvalue weighted by atomic mass is 14.8. The molecule has 0 amide bonds. The van der Waals surface area contributed by atoms with Crippen molar-refractivity contribution in [3.05, 3.63) is 0 Å². The molecule has 3 heteroatoms. The van der Waals surface area contributed by atoms with Crippen LogP contribution in [0, 0.1) is 0 Å². The molecule has 0 aromatic carbocycles. The van der Waals surface area contributed by atoms with E-state index in [1.54, 1.807) is 0 Å². The number of nitrogens with one attached hydrogen (secondary N) is 2. The Hall–Kier alpha value is -0.0151. The molecule has 7 heavy (non-hydrogen) atoms. The first-order valence-corrected chi connectivity index (χ1v) is 2.52. The zero-order valence-corrected chi connectivity index (χ0v) is 4.99. The van der Waals surface area contributed by atoms with Gasteiger partial charge in [0.05, 0.1) is 0 Å². The van der Waals surface area contributed by atoms with Crippen molar-refractivity contribution in [2.45, 2.75) is 0 Å². The van der Waals surface area contributed by atoms with Crippen molar-refractivity contribution in [1.82, 2.24) is 10.6 Å². The fourth-order valence-corrected chi connectivity index (χ4v) is 0.361. The van der Waals surface area contributed by atoms with Crippen LogP contribution in [-0.4, -0.2) is 34.3 Å². The summed E-state index contributed by atoms with van der Waals surface area (Å²) < 4.78 is 0. The molecule has 0 aliphatic heterocycles. The van der Waals surface area contributed by atoms with Crippen molar-refractivity contribution in [2.75, 3.05) is 27.0 Å². The Bertz CT molecular complexity index is 28.9. The maximum absolute atomic E-state index is 3.01. The Morgan fingerprint density at radius 2 is 1.57 bits per heavy atom. The lowest BCUT2D eigenvalue weighted by Gasteiger charge is -1.93. The molecule has 0 aromatic heterocycles. The summed E-state index contributed by atoms with van der Waals surface area (Å²) in [7, 11) is 6.01. The maximum Gasteiger partial charge on any atom is 0.146 e. The topological polar surface area (TPSA) is 24.1 Å². The van der Waals surface area contributed by atoms with Gasteiger partial charge in [0.1, 0.15) is 7.28 Å². The summed E-state index contributed by atoms with van der Waals surface area (Å²) in [4.78, 5) is 0. The molecular weight excluding hydrogens is 86.9 g/mol. The average Bonchev–Trinajstić information content (AvgIpc) is 1.69. The lowest BCUT2D eigenvalue weighted by molar-refractivity contribution is 0.922. The van der Waals surface area contributed by atoms with E-state index in [2.05, 4.69) is 17.9 Å². The van der Waals surface area contributed by atoms with Gasteiger partial charge in [-0.15, -0.1) is 0 Å². The van der Waals surface area contributed by atoms with E-state index >= 15 is 0 Å². The van der Waals surface area contributed by atoms with Crippen molar-refractivity contribution < 1.29 is 0 Å². The average molecular weight is 99.0 g/mol. The summed E-state index contributed by atoms with van der Waals surface area (Å²) in [6.07, 6.45) is 1.97. The Balaban J connectivity index is 2.45. The quantitative estimate of drug-likeness (QED) is 0.350. The minimum atomic E-state index is 0.987. The van der Waals surface area contributed by atoms with E-state index < -0.39 is 0 Å². The molecule has 0 aromatic rings. The highest BCUT2D eigenvalue weighted by molar-refractivity contribution is 6.35. The van der Waals surface area contributed by atoms with Crippen LogP contribution in [0.15, 0.2) is 0 Å². The highest BCUT2D eigenvalue weighted by Gasteiger charge is 1.81. The van der Waals surface area contributed by atoms with Crippen molar-refractivity contribution in [3.63, 3.8) is 0 Å². The first kappa shape index (κ1) is 6.98. The molecule has 0 spiro atoms. The molecule has 0 aliphatic rings. The van der Waals surface area contributed by atoms with E-state index in [0.29, 0.717) is 0 Å². The van der Waals surface area contributed by atoms with Gasteiger partial charge in [-0.25, -0.2) is 0 Å². The smallest absolute Gasteiger partial charge is 0.146 e. The van der Waals surface area contributed by atoms with Crippen LogP contribution >= 0.6 is 0 Å². The van der Waals surface area contributed by atoms with Gasteiger partial charge in [-0.1, -0.05) is 0 Å². The van der Waals surface area contributed by atoms with Gasteiger partial charge in [-0.3, -0.25) is 0 Å². The van der Waals surface area contributed by atoms with E-state index in [0.717, 1.165) is 12.9 Å². The minimum absolute atomic E-state index is 0.987. The third kappa shape index (κ3) is 5.98. The second-order valence-electron chi connectivity index (χ2n) is 1.40. The molecular formula is C4H12BN2. The molecule has 0 atom stereocenters. The molecule has 41 valence electrons. The number of hydrogen-bond donors (Lipinski definition) is 2. The fourth-order valence-electron chi connectivity index (χ4n) is 0.361. The molecule has 1 radical (unpaired) electrons. The molecule has 2 nitrogen and oxygen atoms in total. The summed E-state index contributed by atoms with van der Waals surface area (Å²) in [6, 6.07) is 0. The highest BCUT2D eigenvalue weighted by Crippen LogP contribution is 1.49. The van der Waals surface area contributed by atoms with Crippen LogP contribution in [0.3, 0.4) is 0 Å². The van der Waals surface area contributed by atoms with E-state index in [1.807, 2.05) is 14.1 Å². The van der Waals surface area contributed by atoms with E-state index in [4.69, 9.17) is 0 Å². The monoisotopic (exact) mass is 99.1 g/mol. The van der Waals surface area contributed by atoms with Gasteiger partial charge in [0.25, 0.3) is 0 Å². The molecule has 0 unspecified atom stereocenters. The van der Waals surface area contributed by atoms with E-state index in [9.17, 15) is 0 Å². The van der Waals surface area contributed by atoms with Gasteiger partial charge in [0, 0.05) is 0 Å². The van der Waals surface area contributed by atoms with Crippen LogP contribution in [0.5, 0.6) is 0 Å². The Kier molecular flexibility index (Phi) is 5.97. The molecule has 0 aliphatic carbocycles. The Labute approximate surface area is 45.9 Å². The molecule has 0 fully saturated rings. The summed E-state index contributed by atoms with van der Waals surface area (Å²) >= 11 is 0. The third-order valence-electron chi connectivity index (χ3n) is 0.697. The van der Waals surface area contributed by atoms with E-state index in [1.165, 1.54) is 0 Å². The zero-order valence-electron chi connectivity index (χ0n) is 4.99. The van der Waals surface area contributed by atoms with Crippen LogP contribution in [0.1, 0.15) is 0 Å². The lowest BCUT2D eigenvalue weighted by Crippen LogP contribution is -2.24. The van der Waals surface area contributed by atoms with Gasteiger partial charge < -0.3 is 10.6 Å². The predicted octanol–water partition coefficient (Wildman–Crippen LogP) is -0.956. The van der Waals surface area contributed by atoms with Gasteiger partial charge in [0.15, 0.2) is 0 Å². The standard InChI is InChI=1S/C4H12BN2/c1-6-3-5-4-7-2/h6-7H,3-4H2,1-2H3. The second-order valence-corrected chi connectivity index (χ2v) is 1.40.